The summed E-state index contributed by atoms with van der Waals surface area (Å²) in [6.45, 7) is 0.560. The van der Waals surface area contributed by atoms with Crippen LogP contribution in [0.1, 0.15) is 32.1 Å². The second kappa shape index (κ2) is 4.57. The van der Waals surface area contributed by atoms with Gasteiger partial charge in [0.2, 0.25) is 0 Å². The van der Waals surface area contributed by atoms with Crippen molar-refractivity contribution in [3.05, 3.63) is 18.6 Å². The van der Waals surface area contributed by atoms with Gasteiger partial charge in [0, 0.05) is 12.7 Å². The van der Waals surface area contributed by atoms with Crippen LogP contribution in [-0.2, 0) is 0 Å². The molecule has 5 heteroatoms. The highest BCUT2D eigenvalue weighted by Crippen LogP contribution is 2.28. The minimum absolute atomic E-state index is 0.560. The van der Waals surface area contributed by atoms with Crippen LogP contribution in [-0.4, -0.2) is 32.2 Å². The van der Waals surface area contributed by atoms with E-state index in [0.717, 1.165) is 42.5 Å². The van der Waals surface area contributed by atoms with Crippen LogP contribution in [0.25, 0.3) is 11.0 Å². The fraction of sp³-hybridized carbons (Fsp3) is 0.538. The number of anilines is 1. The molecule has 0 amide bonds. The van der Waals surface area contributed by atoms with E-state index in [1.807, 2.05) is 12.3 Å². The molecule has 0 saturated heterocycles. The molecule has 0 bridgehead atoms. The van der Waals surface area contributed by atoms with Gasteiger partial charge in [-0.2, -0.15) is 0 Å². The van der Waals surface area contributed by atoms with Gasteiger partial charge in [-0.1, -0.05) is 19.3 Å². The predicted octanol–water partition coefficient (Wildman–Crippen LogP) is 2.06. The molecule has 1 saturated carbocycles. The summed E-state index contributed by atoms with van der Waals surface area (Å²) in [4.78, 5) is 11.4. The molecule has 0 aromatic carbocycles. The van der Waals surface area contributed by atoms with E-state index in [9.17, 15) is 5.11 Å². The van der Waals surface area contributed by atoms with Crippen LogP contribution in [0.3, 0.4) is 0 Å². The molecule has 2 aromatic rings. The maximum atomic E-state index is 10.4. The summed E-state index contributed by atoms with van der Waals surface area (Å²) in [7, 11) is 0. The van der Waals surface area contributed by atoms with Crippen molar-refractivity contribution in [3.63, 3.8) is 0 Å². The first-order valence-corrected chi connectivity index (χ1v) is 6.51. The van der Waals surface area contributed by atoms with Crippen LogP contribution in [0.4, 0.5) is 5.82 Å². The second-order valence-corrected chi connectivity index (χ2v) is 5.10. The van der Waals surface area contributed by atoms with Crippen molar-refractivity contribution >= 4 is 16.9 Å². The molecule has 0 unspecified atom stereocenters. The molecule has 0 radical (unpaired) electrons. The molecule has 0 spiro atoms. The van der Waals surface area contributed by atoms with Gasteiger partial charge in [-0.05, 0) is 18.9 Å². The van der Waals surface area contributed by atoms with Crippen molar-refractivity contribution in [1.82, 2.24) is 15.0 Å². The minimum atomic E-state index is -0.578. The lowest BCUT2D eigenvalue weighted by molar-refractivity contribution is 0.0167. The zero-order chi connectivity index (χ0) is 12.4. The summed E-state index contributed by atoms with van der Waals surface area (Å²) in [5.74, 6) is 0.792. The molecule has 96 valence electrons. The van der Waals surface area contributed by atoms with Gasteiger partial charge in [-0.25, -0.2) is 9.97 Å². The Kier molecular flexibility index (Phi) is 2.91. The van der Waals surface area contributed by atoms with Crippen LogP contribution in [0, 0.1) is 0 Å². The van der Waals surface area contributed by atoms with E-state index >= 15 is 0 Å². The summed E-state index contributed by atoms with van der Waals surface area (Å²) >= 11 is 0. The van der Waals surface area contributed by atoms with Crippen LogP contribution in [0.2, 0.25) is 0 Å². The van der Waals surface area contributed by atoms with Crippen LogP contribution < -0.4 is 5.32 Å². The van der Waals surface area contributed by atoms with Gasteiger partial charge >= 0.3 is 0 Å². The Hall–Kier alpha value is -1.62. The smallest absolute Gasteiger partial charge is 0.142 e. The Labute approximate surface area is 106 Å². The summed E-state index contributed by atoms with van der Waals surface area (Å²) in [5, 5.41) is 14.7. The molecular formula is C13H18N4O. The van der Waals surface area contributed by atoms with Gasteiger partial charge in [0.15, 0.2) is 0 Å². The van der Waals surface area contributed by atoms with E-state index in [4.69, 9.17) is 0 Å². The zero-order valence-electron chi connectivity index (χ0n) is 10.3. The molecule has 1 aliphatic carbocycles. The van der Waals surface area contributed by atoms with E-state index in [-0.39, 0.29) is 0 Å². The minimum Gasteiger partial charge on any atom is -0.388 e. The van der Waals surface area contributed by atoms with Gasteiger partial charge in [0.25, 0.3) is 0 Å². The Morgan fingerprint density at radius 1 is 1.28 bits per heavy atom. The maximum Gasteiger partial charge on any atom is 0.142 e. The topological polar surface area (TPSA) is 73.8 Å². The number of aromatic nitrogens is 3. The highest BCUT2D eigenvalue weighted by atomic mass is 16.3. The van der Waals surface area contributed by atoms with Gasteiger partial charge in [-0.15, -0.1) is 0 Å². The highest BCUT2D eigenvalue weighted by Gasteiger charge is 2.29. The largest absolute Gasteiger partial charge is 0.388 e. The molecule has 2 aromatic heterocycles. The first-order valence-electron chi connectivity index (χ1n) is 6.51. The average Bonchev–Trinajstić information content (AvgIpc) is 2.86. The number of hydrogen-bond donors (Lipinski definition) is 3. The predicted molar refractivity (Wildman–Crippen MR) is 70.4 cm³/mol. The highest BCUT2D eigenvalue weighted by molar-refractivity contribution is 5.86. The summed E-state index contributed by atoms with van der Waals surface area (Å²) in [6.07, 6.45) is 8.59. The normalized spacial score (nSPS) is 18.9. The number of H-pyrrole nitrogens is 1. The van der Waals surface area contributed by atoms with Crippen molar-refractivity contribution in [3.8, 4) is 0 Å². The third kappa shape index (κ3) is 2.18. The SMILES string of the molecule is OC1(CNc2ncnc3[nH]ccc23)CCCCC1. The first kappa shape index (κ1) is 11.5. The van der Waals surface area contributed by atoms with E-state index < -0.39 is 5.60 Å². The zero-order valence-corrected chi connectivity index (χ0v) is 10.3. The van der Waals surface area contributed by atoms with Gasteiger partial charge in [0.05, 0.1) is 11.0 Å². The summed E-state index contributed by atoms with van der Waals surface area (Å²) < 4.78 is 0. The Morgan fingerprint density at radius 2 is 2.11 bits per heavy atom. The summed E-state index contributed by atoms with van der Waals surface area (Å²) in [6, 6.07) is 1.95. The molecule has 5 nitrogen and oxygen atoms in total. The number of aliphatic hydroxyl groups is 1. The molecule has 1 aliphatic rings. The molecule has 3 rings (SSSR count). The van der Waals surface area contributed by atoms with Crippen LogP contribution in [0.15, 0.2) is 18.6 Å². The van der Waals surface area contributed by atoms with Gasteiger partial charge < -0.3 is 15.4 Å². The first-order chi connectivity index (χ1) is 8.77. The third-order valence-electron chi connectivity index (χ3n) is 3.72. The lowest BCUT2D eigenvalue weighted by Gasteiger charge is -2.32. The van der Waals surface area contributed by atoms with Crippen molar-refractivity contribution in [2.24, 2.45) is 0 Å². The Balaban J connectivity index is 1.74. The fourth-order valence-electron chi connectivity index (χ4n) is 2.65. The lowest BCUT2D eigenvalue weighted by Crippen LogP contribution is -2.38. The van der Waals surface area contributed by atoms with E-state index in [2.05, 4.69) is 20.3 Å². The van der Waals surface area contributed by atoms with Crippen molar-refractivity contribution in [1.29, 1.82) is 0 Å². The molecule has 2 heterocycles. The van der Waals surface area contributed by atoms with Crippen molar-refractivity contribution in [2.45, 2.75) is 37.7 Å². The maximum absolute atomic E-state index is 10.4. The van der Waals surface area contributed by atoms with Crippen molar-refractivity contribution < 1.29 is 5.11 Å². The standard InChI is InChI=1S/C13H18N4O/c18-13(5-2-1-3-6-13)8-15-12-10-4-7-14-11(10)16-9-17-12/h4,7,9,18H,1-3,5-6,8H2,(H2,14,15,16,17). The number of aromatic amines is 1. The third-order valence-corrected chi connectivity index (χ3v) is 3.72. The summed E-state index contributed by atoms with van der Waals surface area (Å²) in [5.41, 5.74) is 0.245. The molecular weight excluding hydrogens is 228 g/mol. The lowest BCUT2D eigenvalue weighted by atomic mass is 9.85. The second-order valence-electron chi connectivity index (χ2n) is 5.10. The fourth-order valence-corrected chi connectivity index (χ4v) is 2.65. The molecule has 18 heavy (non-hydrogen) atoms. The number of nitrogens with one attached hydrogen (secondary N) is 2. The molecule has 0 aliphatic heterocycles. The van der Waals surface area contributed by atoms with Crippen LogP contribution >= 0.6 is 0 Å². The quantitative estimate of drug-likeness (QED) is 0.775. The van der Waals surface area contributed by atoms with E-state index in [1.54, 1.807) is 0 Å². The molecule has 3 N–H and O–H groups in total. The van der Waals surface area contributed by atoms with E-state index in [1.165, 1.54) is 12.7 Å². The van der Waals surface area contributed by atoms with Gasteiger partial charge in [0.1, 0.15) is 17.8 Å². The van der Waals surface area contributed by atoms with E-state index in [0.29, 0.717) is 6.54 Å². The Bertz CT molecular complexity index is 531. The molecule has 0 atom stereocenters. The Morgan fingerprint density at radius 3 is 2.94 bits per heavy atom. The number of nitrogens with zero attached hydrogens (tertiary/aromatic N) is 2. The molecule has 1 fully saturated rings. The monoisotopic (exact) mass is 246 g/mol. The number of fused-ring (bicyclic) bond motifs is 1. The van der Waals surface area contributed by atoms with Crippen molar-refractivity contribution in [2.75, 3.05) is 11.9 Å². The van der Waals surface area contributed by atoms with Crippen LogP contribution in [0.5, 0.6) is 0 Å². The average molecular weight is 246 g/mol. The number of rotatable bonds is 3. The number of hydrogen-bond acceptors (Lipinski definition) is 4. The van der Waals surface area contributed by atoms with Gasteiger partial charge in [-0.3, -0.25) is 0 Å².